The van der Waals surface area contributed by atoms with Crippen LogP contribution in [0.2, 0.25) is 0 Å². The van der Waals surface area contributed by atoms with Crippen LogP contribution in [0, 0.1) is 0 Å². The SMILES string of the molecule is [S-]c1cc2c3cc([S-])c([S-])cc3c3cc([S-])c([S-])cc3c2cc1[S-]. The summed E-state index contributed by atoms with van der Waals surface area (Å²) in [6, 6.07) is 11.7. The summed E-state index contributed by atoms with van der Waals surface area (Å²) in [6.45, 7) is 0. The average molecular weight is 415 g/mol. The number of hydrogen-bond donors (Lipinski definition) is 0. The van der Waals surface area contributed by atoms with Crippen molar-refractivity contribution in [2.75, 3.05) is 0 Å². The first-order valence-electron chi connectivity index (χ1n) is 6.94. The molecule has 0 radical (unpaired) electrons. The average Bonchev–Trinajstić information content (AvgIpc) is 2.53. The third-order valence-electron chi connectivity index (χ3n) is 4.12. The van der Waals surface area contributed by atoms with Crippen LogP contribution in [-0.2, 0) is 75.8 Å². The first kappa shape index (κ1) is 16.4. The van der Waals surface area contributed by atoms with E-state index in [4.69, 9.17) is 75.8 Å². The van der Waals surface area contributed by atoms with Gasteiger partial charge in [0, 0.05) is 0 Å². The van der Waals surface area contributed by atoms with Gasteiger partial charge >= 0.3 is 0 Å². The lowest BCUT2D eigenvalue weighted by atomic mass is 9.94. The molecule has 0 saturated heterocycles. The molecule has 0 aliphatic carbocycles. The Kier molecular flexibility index (Phi) is 3.95. The van der Waals surface area contributed by atoms with Crippen LogP contribution in [-0.4, -0.2) is 0 Å². The van der Waals surface area contributed by atoms with E-state index in [-0.39, 0.29) is 0 Å². The summed E-state index contributed by atoms with van der Waals surface area (Å²) < 4.78 is 0. The molecule has 0 unspecified atom stereocenters. The van der Waals surface area contributed by atoms with Gasteiger partial charge in [-0.3, -0.25) is 0 Å². The Morgan fingerprint density at radius 3 is 0.542 bits per heavy atom. The lowest BCUT2D eigenvalue weighted by Gasteiger charge is -2.27. The van der Waals surface area contributed by atoms with Crippen LogP contribution in [0.15, 0.2) is 65.8 Å². The molecule has 0 fully saturated rings. The molecule has 0 N–H and O–H groups in total. The highest BCUT2D eigenvalue weighted by atomic mass is 32.1. The lowest BCUT2D eigenvalue weighted by Crippen LogP contribution is -1.90. The summed E-state index contributed by atoms with van der Waals surface area (Å²) >= 11 is 32.3. The Bertz CT molecular complexity index is 896. The molecule has 0 spiro atoms. The molecule has 0 aliphatic heterocycles. The van der Waals surface area contributed by atoms with E-state index in [2.05, 4.69) is 0 Å². The first-order valence-corrected chi connectivity index (χ1v) is 9.39. The minimum atomic E-state index is 0.657. The van der Waals surface area contributed by atoms with E-state index in [9.17, 15) is 0 Å². The van der Waals surface area contributed by atoms with Gasteiger partial charge in [0.25, 0.3) is 0 Å². The number of benzene rings is 4. The van der Waals surface area contributed by atoms with Gasteiger partial charge in [-0.2, -0.15) is 29.4 Å². The van der Waals surface area contributed by atoms with Gasteiger partial charge in [0.05, 0.1) is 0 Å². The highest BCUT2D eigenvalue weighted by Crippen LogP contribution is 2.39. The van der Waals surface area contributed by atoms with Crippen molar-refractivity contribution in [3.63, 3.8) is 0 Å². The lowest BCUT2D eigenvalue weighted by molar-refractivity contribution is 1.28. The van der Waals surface area contributed by atoms with Crippen molar-refractivity contribution in [2.24, 2.45) is 0 Å². The molecule has 4 aromatic carbocycles. The predicted octanol–water partition coefficient (Wildman–Crippen LogP) is 4.58. The highest BCUT2D eigenvalue weighted by molar-refractivity contribution is 7.63. The zero-order chi connectivity index (χ0) is 17.2. The fourth-order valence-electron chi connectivity index (χ4n) is 3.02. The van der Waals surface area contributed by atoms with Crippen LogP contribution in [0.1, 0.15) is 0 Å². The Hall–Kier alpha value is -1.02. The molecular weight excluding hydrogens is 409 g/mol. The molecule has 0 atom stereocenters. The highest BCUT2D eigenvalue weighted by Gasteiger charge is 2.07. The zero-order valence-corrected chi connectivity index (χ0v) is 16.8. The van der Waals surface area contributed by atoms with Crippen molar-refractivity contribution < 1.29 is 0 Å². The van der Waals surface area contributed by atoms with Crippen molar-refractivity contribution in [3.8, 4) is 0 Å². The fourth-order valence-corrected chi connectivity index (χ4v) is 4.08. The van der Waals surface area contributed by atoms with Crippen LogP contribution in [0.3, 0.4) is 0 Å². The van der Waals surface area contributed by atoms with E-state index in [1.165, 1.54) is 0 Å². The molecule has 0 bridgehead atoms. The van der Waals surface area contributed by atoms with E-state index >= 15 is 0 Å². The fraction of sp³-hybridized carbons (Fsp3) is 0. The molecule has 0 heterocycles. The van der Waals surface area contributed by atoms with Crippen LogP contribution in [0.25, 0.3) is 32.3 Å². The van der Waals surface area contributed by atoms with Gasteiger partial charge in [-0.15, -0.1) is 0 Å². The van der Waals surface area contributed by atoms with Crippen molar-refractivity contribution in [1.82, 2.24) is 0 Å². The van der Waals surface area contributed by atoms with E-state index in [0.29, 0.717) is 29.4 Å². The third kappa shape index (κ3) is 2.41. The minimum absolute atomic E-state index is 0.657. The second-order valence-electron chi connectivity index (χ2n) is 5.53. The minimum Gasteiger partial charge on any atom is -0.781 e. The summed E-state index contributed by atoms with van der Waals surface area (Å²) in [5, 5.41) is 6.10. The van der Waals surface area contributed by atoms with Crippen LogP contribution >= 0.6 is 0 Å². The Morgan fingerprint density at radius 2 is 0.417 bits per heavy atom. The van der Waals surface area contributed by atoms with Gasteiger partial charge in [0.15, 0.2) is 0 Å². The molecule has 0 amide bonds. The van der Waals surface area contributed by atoms with Crippen LogP contribution in [0.4, 0.5) is 0 Å². The third-order valence-corrected chi connectivity index (χ3v) is 6.54. The maximum Gasteiger partial charge on any atom is -0.0115 e. The van der Waals surface area contributed by atoms with Gasteiger partial charge in [0.2, 0.25) is 0 Å². The van der Waals surface area contributed by atoms with Crippen molar-refractivity contribution >= 4 is 108 Å². The summed E-state index contributed by atoms with van der Waals surface area (Å²) in [7, 11) is 0. The van der Waals surface area contributed by atoms with E-state index < -0.39 is 0 Å². The number of fused-ring (bicyclic) bond motifs is 6. The number of rotatable bonds is 0. The molecule has 0 aliphatic rings. The predicted molar refractivity (Wildman–Crippen MR) is 113 cm³/mol. The topological polar surface area (TPSA) is 0 Å². The summed E-state index contributed by atoms with van der Waals surface area (Å²) in [4.78, 5) is 3.94. The molecular formula is C18H6S6-6. The normalized spacial score (nSPS) is 11.5. The molecule has 4 aromatic rings. The van der Waals surface area contributed by atoms with Gasteiger partial charge in [-0.05, 0) is 32.3 Å². The first-order chi connectivity index (χ1) is 11.4. The maximum atomic E-state index is 5.38. The second kappa shape index (κ2) is 5.76. The molecule has 4 rings (SSSR count). The molecule has 0 aromatic heterocycles. The van der Waals surface area contributed by atoms with E-state index in [1.54, 1.807) is 0 Å². The largest absolute Gasteiger partial charge is 0.781 e. The molecule has 6 heteroatoms. The smallest absolute Gasteiger partial charge is 0.0115 e. The molecule has 120 valence electrons. The monoisotopic (exact) mass is 414 g/mol. The Balaban J connectivity index is 2.40. The number of hydrogen-bond acceptors (Lipinski definition) is 6. The maximum absolute atomic E-state index is 5.38. The van der Waals surface area contributed by atoms with Crippen LogP contribution < -0.4 is 0 Å². The van der Waals surface area contributed by atoms with Gasteiger partial charge in [-0.25, -0.2) is 0 Å². The van der Waals surface area contributed by atoms with Crippen molar-refractivity contribution in [3.05, 3.63) is 36.4 Å². The second-order valence-corrected chi connectivity index (χ2v) is 8.17. The van der Waals surface area contributed by atoms with Crippen LogP contribution in [0.5, 0.6) is 0 Å². The quantitative estimate of drug-likeness (QED) is 0.303. The van der Waals surface area contributed by atoms with Gasteiger partial charge in [-0.1, -0.05) is 36.4 Å². The zero-order valence-electron chi connectivity index (χ0n) is 11.9. The van der Waals surface area contributed by atoms with Gasteiger partial charge in [0.1, 0.15) is 0 Å². The summed E-state index contributed by atoms with van der Waals surface area (Å²) in [5.41, 5.74) is 0. The molecule has 0 saturated carbocycles. The Morgan fingerprint density at radius 1 is 0.292 bits per heavy atom. The molecule has 24 heavy (non-hydrogen) atoms. The van der Waals surface area contributed by atoms with Gasteiger partial charge < -0.3 is 75.8 Å². The molecule has 0 nitrogen and oxygen atoms in total. The van der Waals surface area contributed by atoms with Crippen molar-refractivity contribution in [1.29, 1.82) is 0 Å². The summed E-state index contributed by atoms with van der Waals surface area (Å²) in [5.74, 6) is 0. The Labute approximate surface area is 172 Å². The summed E-state index contributed by atoms with van der Waals surface area (Å²) in [6.07, 6.45) is 0. The van der Waals surface area contributed by atoms with Crippen molar-refractivity contribution in [2.45, 2.75) is 29.4 Å². The van der Waals surface area contributed by atoms with E-state index in [1.807, 2.05) is 36.4 Å². The van der Waals surface area contributed by atoms with E-state index in [0.717, 1.165) is 32.3 Å². The standard InChI is InChI=1S/C18H12S6/c19-13-1-7-8(2-14(13)20)10-4-17(23)18(24)6-12(10)11-5-16(22)15(21)3-9(7)11/h1-6,19-24H/p-6.